The van der Waals surface area contributed by atoms with E-state index in [2.05, 4.69) is 11.1 Å². The molecule has 132 valence electrons. The van der Waals surface area contributed by atoms with Gasteiger partial charge in [0, 0.05) is 21.7 Å². The molecule has 5 rings (SSSR count). The minimum Gasteiger partial charge on any atom is -0.253 e. The number of nitrogens with zero attached hydrogens (tertiary/aromatic N) is 2. The SMILES string of the molecule is N#Cc1cc(-c2ncc(F)c3c2cc(F)c2ccccc23)cc2ccccc12. The summed E-state index contributed by atoms with van der Waals surface area (Å²) in [5, 5.41) is 12.8. The van der Waals surface area contributed by atoms with Crippen molar-refractivity contribution >= 4 is 32.3 Å². The Hall–Kier alpha value is -3.84. The van der Waals surface area contributed by atoms with Crippen LogP contribution in [0.5, 0.6) is 0 Å². The van der Waals surface area contributed by atoms with E-state index in [4.69, 9.17) is 0 Å². The second-order valence-electron chi connectivity index (χ2n) is 6.64. The first-order chi connectivity index (χ1) is 13.7. The highest BCUT2D eigenvalue weighted by molar-refractivity contribution is 6.12. The Bertz CT molecular complexity index is 1450. The van der Waals surface area contributed by atoms with Crippen molar-refractivity contribution in [2.45, 2.75) is 0 Å². The molecule has 0 saturated carbocycles. The predicted molar refractivity (Wildman–Crippen MR) is 107 cm³/mol. The fourth-order valence-corrected chi connectivity index (χ4v) is 3.80. The average Bonchev–Trinajstić information content (AvgIpc) is 2.73. The molecule has 0 radical (unpaired) electrons. The molecule has 0 aliphatic rings. The Morgan fingerprint density at radius 3 is 2.25 bits per heavy atom. The lowest BCUT2D eigenvalue weighted by Gasteiger charge is -2.12. The Morgan fingerprint density at radius 1 is 0.750 bits per heavy atom. The van der Waals surface area contributed by atoms with E-state index in [0.717, 1.165) is 17.0 Å². The first kappa shape index (κ1) is 16.3. The van der Waals surface area contributed by atoms with Crippen LogP contribution < -0.4 is 0 Å². The van der Waals surface area contributed by atoms with Crippen LogP contribution in [0, 0.1) is 23.0 Å². The van der Waals surface area contributed by atoms with Gasteiger partial charge in [0.25, 0.3) is 0 Å². The van der Waals surface area contributed by atoms with Gasteiger partial charge >= 0.3 is 0 Å². The third-order valence-corrected chi connectivity index (χ3v) is 5.05. The first-order valence-corrected chi connectivity index (χ1v) is 8.76. The van der Waals surface area contributed by atoms with Crippen LogP contribution >= 0.6 is 0 Å². The monoisotopic (exact) mass is 366 g/mol. The third kappa shape index (κ3) is 2.34. The maximum Gasteiger partial charge on any atom is 0.149 e. The molecule has 5 aromatic rings. The van der Waals surface area contributed by atoms with E-state index in [1.54, 1.807) is 30.3 Å². The number of halogens is 2. The van der Waals surface area contributed by atoms with E-state index in [1.807, 2.05) is 30.3 Å². The number of benzene rings is 4. The number of hydrogen-bond donors (Lipinski definition) is 0. The summed E-state index contributed by atoms with van der Waals surface area (Å²) in [5.74, 6) is -0.936. The quantitative estimate of drug-likeness (QED) is 0.324. The van der Waals surface area contributed by atoms with Crippen LogP contribution in [0.4, 0.5) is 8.78 Å². The molecule has 0 spiro atoms. The van der Waals surface area contributed by atoms with Crippen LogP contribution in [0.3, 0.4) is 0 Å². The van der Waals surface area contributed by atoms with Crippen LogP contribution in [0.1, 0.15) is 5.56 Å². The normalized spacial score (nSPS) is 11.2. The summed E-state index contributed by atoms with van der Waals surface area (Å²) in [6.45, 7) is 0. The summed E-state index contributed by atoms with van der Waals surface area (Å²) in [5.41, 5.74) is 1.59. The van der Waals surface area contributed by atoms with Gasteiger partial charge in [-0.05, 0) is 34.4 Å². The Morgan fingerprint density at radius 2 is 1.46 bits per heavy atom. The van der Waals surface area contributed by atoms with E-state index < -0.39 is 11.6 Å². The fourth-order valence-electron chi connectivity index (χ4n) is 3.80. The molecule has 4 heteroatoms. The molecule has 0 aliphatic carbocycles. The summed E-state index contributed by atoms with van der Waals surface area (Å²) in [7, 11) is 0. The zero-order valence-electron chi connectivity index (χ0n) is 14.6. The van der Waals surface area contributed by atoms with Crippen molar-refractivity contribution in [3.05, 3.63) is 90.1 Å². The van der Waals surface area contributed by atoms with Crippen molar-refractivity contribution in [1.82, 2.24) is 4.98 Å². The number of nitriles is 1. The smallest absolute Gasteiger partial charge is 0.149 e. The molecular weight excluding hydrogens is 354 g/mol. The van der Waals surface area contributed by atoms with Gasteiger partial charge in [0.2, 0.25) is 0 Å². The Balaban J connectivity index is 1.92. The molecule has 1 heterocycles. The van der Waals surface area contributed by atoms with E-state index in [0.29, 0.717) is 38.4 Å². The number of aromatic nitrogens is 1. The fraction of sp³-hybridized carbons (Fsp3) is 0. The maximum absolute atomic E-state index is 14.7. The van der Waals surface area contributed by atoms with Crippen molar-refractivity contribution in [2.24, 2.45) is 0 Å². The van der Waals surface area contributed by atoms with Gasteiger partial charge in [0.1, 0.15) is 11.6 Å². The van der Waals surface area contributed by atoms with E-state index in [-0.39, 0.29) is 0 Å². The van der Waals surface area contributed by atoms with Gasteiger partial charge in [-0.3, -0.25) is 4.98 Å². The molecule has 0 bridgehead atoms. The van der Waals surface area contributed by atoms with Gasteiger partial charge in [-0.1, -0.05) is 48.5 Å². The molecule has 0 fully saturated rings. The molecule has 1 aromatic heterocycles. The van der Waals surface area contributed by atoms with Gasteiger partial charge in [0.05, 0.1) is 23.5 Å². The summed E-state index contributed by atoms with van der Waals surface area (Å²) in [6, 6.07) is 21.5. The lowest BCUT2D eigenvalue weighted by molar-refractivity contribution is 0.632. The number of hydrogen-bond acceptors (Lipinski definition) is 2. The number of fused-ring (bicyclic) bond motifs is 4. The molecule has 0 atom stereocenters. The van der Waals surface area contributed by atoms with Gasteiger partial charge in [-0.2, -0.15) is 5.26 Å². The molecule has 28 heavy (non-hydrogen) atoms. The van der Waals surface area contributed by atoms with E-state index in [1.165, 1.54) is 6.07 Å². The average molecular weight is 366 g/mol. The molecule has 0 unspecified atom stereocenters. The predicted octanol–water partition coefficient (Wildman–Crippen LogP) is 6.36. The largest absolute Gasteiger partial charge is 0.253 e. The third-order valence-electron chi connectivity index (χ3n) is 5.05. The van der Waals surface area contributed by atoms with E-state index in [9.17, 15) is 14.0 Å². The van der Waals surface area contributed by atoms with Crippen LogP contribution in [0.15, 0.2) is 72.9 Å². The summed E-state index contributed by atoms with van der Waals surface area (Å²) >= 11 is 0. The minimum atomic E-state index is -0.503. The van der Waals surface area contributed by atoms with Gasteiger partial charge in [-0.25, -0.2) is 8.78 Å². The van der Waals surface area contributed by atoms with Crippen molar-refractivity contribution in [2.75, 3.05) is 0 Å². The van der Waals surface area contributed by atoms with Crippen LogP contribution in [-0.4, -0.2) is 4.98 Å². The highest BCUT2D eigenvalue weighted by Crippen LogP contribution is 2.36. The van der Waals surface area contributed by atoms with Gasteiger partial charge in [-0.15, -0.1) is 0 Å². The van der Waals surface area contributed by atoms with E-state index >= 15 is 0 Å². The van der Waals surface area contributed by atoms with Crippen LogP contribution in [-0.2, 0) is 0 Å². The summed E-state index contributed by atoms with van der Waals surface area (Å²) in [4.78, 5) is 4.26. The summed E-state index contributed by atoms with van der Waals surface area (Å²) < 4.78 is 29.4. The topological polar surface area (TPSA) is 36.7 Å². The Labute approximate surface area is 159 Å². The standard InChI is InChI=1S/C24H12F2N2/c25-21-11-20-23(19-8-4-3-7-18(19)21)22(26)13-28-24(20)15-9-14-5-1-2-6-17(14)16(10-15)12-27/h1-11,13H. The lowest BCUT2D eigenvalue weighted by Crippen LogP contribution is -1.94. The maximum atomic E-state index is 14.7. The summed E-state index contributed by atoms with van der Waals surface area (Å²) in [6.07, 6.45) is 1.16. The molecule has 4 aromatic carbocycles. The lowest BCUT2D eigenvalue weighted by atomic mass is 9.95. The highest BCUT2D eigenvalue weighted by atomic mass is 19.1. The van der Waals surface area contributed by atoms with Crippen molar-refractivity contribution in [1.29, 1.82) is 5.26 Å². The zero-order valence-corrected chi connectivity index (χ0v) is 14.6. The van der Waals surface area contributed by atoms with Gasteiger partial charge < -0.3 is 0 Å². The second kappa shape index (κ2) is 6.11. The molecule has 0 saturated heterocycles. The Kier molecular flexibility index (Phi) is 3.56. The van der Waals surface area contributed by atoms with Crippen molar-refractivity contribution in [3.63, 3.8) is 0 Å². The zero-order chi connectivity index (χ0) is 19.3. The molecule has 0 aliphatic heterocycles. The van der Waals surface area contributed by atoms with Crippen LogP contribution in [0.25, 0.3) is 43.6 Å². The van der Waals surface area contributed by atoms with Crippen LogP contribution in [0.2, 0.25) is 0 Å². The molecule has 0 amide bonds. The number of rotatable bonds is 1. The molecule has 2 nitrogen and oxygen atoms in total. The number of pyridine rings is 1. The minimum absolute atomic E-state index is 0.327. The van der Waals surface area contributed by atoms with Crippen molar-refractivity contribution in [3.8, 4) is 17.3 Å². The molecular formula is C24H12F2N2. The van der Waals surface area contributed by atoms with Crippen molar-refractivity contribution < 1.29 is 8.78 Å². The molecule has 0 N–H and O–H groups in total. The van der Waals surface area contributed by atoms with Gasteiger partial charge in [0.15, 0.2) is 0 Å². The second-order valence-corrected chi connectivity index (χ2v) is 6.64. The first-order valence-electron chi connectivity index (χ1n) is 8.76. The highest BCUT2D eigenvalue weighted by Gasteiger charge is 2.16.